The molecule has 1 atom stereocenters. The van der Waals surface area contributed by atoms with Crippen LogP contribution in [-0.2, 0) is 6.42 Å². The fourth-order valence-electron chi connectivity index (χ4n) is 3.89. The molecule has 1 fully saturated rings. The van der Waals surface area contributed by atoms with Crippen LogP contribution in [0.3, 0.4) is 0 Å². The molecule has 108 valence electrons. The molecule has 0 amide bonds. The third-order valence-electron chi connectivity index (χ3n) is 5.07. The number of fused-ring (bicyclic) bond motifs is 1. The second kappa shape index (κ2) is 5.19. The maximum Gasteiger partial charge on any atom is 0.0351 e. The van der Waals surface area contributed by atoms with E-state index in [4.69, 9.17) is 5.73 Å². The van der Waals surface area contributed by atoms with Gasteiger partial charge >= 0.3 is 0 Å². The lowest BCUT2D eigenvalue weighted by atomic mass is 9.82. The van der Waals surface area contributed by atoms with Crippen molar-refractivity contribution in [3.63, 3.8) is 0 Å². The van der Waals surface area contributed by atoms with E-state index in [1.54, 1.807) is 0 Å². The normalized spacial score (nSPS) is 22.6. The van der Waals surface area contributed by atoms with Crippen LogP contribution in [0.15, 0.2) is 48.5 Å². The lowest BCUT2D eigenvalue weighted by Crippen LogP contribution is -2.47. The zero-order chi connectivity index (χ0) is 14.2. The van der Waals surface area contributed by atoms with Crippen LogP contribution < -0.4 is 5.73 Å². The van der Waals surface area contributed by atoms with E-state index in [0.717, 1.165) is 5.69 Å². The zero-order valence-corrected chi connectivity index (χ0v) is 12.3. The molecule has 1 saturated heterocycles. The van der Waals surface area contributed by atoms with Crippen LogP contribution in [0.2, 0.25) is 0 Å². The first-order valence-electron chi connectivity index (χ1n) is 7.98. The van der Waals surface area contributed by atoms with Crippen LogP contribution in [-0.4, -0.2) is 18.0 Å². The van der Waals surface area contributed by atoms with E-state index in [-0.39, 0.29) is 0 Å². The van der Waals surface area contributed by atoms with Gasteiger partial charge in [-0.05, 0) is 48.1 Å². The van der Waals surface area contributed by atoms with Crippen molar-refractivity contribution < 1.29 is 0 Å². The Bertz CT molecular complexity index is 629. The summed E-state index contributed by atoms with van der Waals surface area (Å²) in [6, 6.07) is 18.0. The Labute approximate surface area is 126 Å². The number of rotatable bonds is 2. The number of hydrogen-bond donors (Lipinski definition) is 1. The Morgan fingerprint density at radius 3 is 2.62 bits per heavy atom. The van der Waals surface area contributed by atoms with Crippen molar-refractivity contribution in [2.45, 2.75) is 31.2 Å². The van der Waals surface area contributed by atoms with Gasteiger partial charge in [0, 0.05) is 30.7 Å². The third-order valence-corrected chi connectivity index (χ3v) is 5.07. The first kappa shape index (κ1) is 12.9. The molecule has 0 spiro atoms. The van der Waals surface area contributed by atoms with Gasteiger partial charge in [0.05, 0.1) is 0 Å². The molecular formula is C19H22N2. The highest BCUT2D eigenvalue weighted by Crippen LogP contribution is 2.40. The summed E-state index contributed by atoms with van der Waals surface area (Å²) in [6.45, 7) is 2.39. The van der Waals surface area contributed by atoms with Gasteiger partial charge in [0.15, 0.2) is 0 Å². The molecule has 2 nitrogen and oxygen atoms in total. The molecule has 1 aliphatic carbocycles. The molecule has 2 aromatic rings. The average molecular weight is 278 g/mol. The van der Waals surface area contributed by atoms with Gasteiger partial charge in [-0.25, -0.2) is 0 Å². The lowest BCUT2D eigenvalue weighted by molar-refractivity contribution is 0.0806. The summed E-state index contributed by atoms with van der Waals surface area (Å²) >= 11 is 0. The molecule has 1 aliphatic heterocycles. The molecule has 2 aromatic carbocycles. The molecule has 21 heavy (non-hydrogen) atoms. The number of likely N-dealkylation sites (tertiary alicyclic amines) is 1. The van der Waals surface area contributed by atoms with Gasteiger partial charge < -0.3 is 5.73 Å². The van der Waals surface area contributed by atoms with E-state index in [1.165, 1.54) is 49.0 Å². The number of aryl methyl sites for hydroxylation is 1. The number of anilines is 1. The summed E-state index contributed by atoms with van der Waals surface area (Å²) in [5.74, 6) is 0.713. The molecule has 0 saturated carbocycles. The van der Waals surface area contributed by atoms with Crippen molar-refractivity contribution >= 4 is 5.69 Å². The number of nitrogens with zero attached hydrogens (tertiary/aromatic N) is 1. The van der Waals surface area contributed by atoms with Crippen molar-refractivity contribution in [2.75, 3.05) is 18.8 Å². The van der Waals surface area contributed by atoms with E-state index < -0.39 is 0 Å². The summed E-state index contributed by atoms with van der Waals surface area (Å²) in [6.07, 6.45) is 3.76. The molecule has 0 radical (unpaired) electrons. The van der Waals surface area contributed by atoms with Crippen LogP contribution in [0.1, 0.15) is 41.5 Å². The minimum atomic E-state index is 0.606. The van der Waals surface area contributed by atoms with Crippen molar-refractivity contribution in [2.24, 2.45) is 0 Å². The standard InChI is InChI=1S/C19H22N2/c20-17-9-10-18-15(11-17)7-4-8-19(18)21-12-16(13-21)14-5-2-1-3-6-14/h1-3,5-6,9-11,16,19H,4,7-8,12-13,20H2. The Morgan fingerprint density at radius 1 is 1.00 bits per heavy atom. The van der Waals surface area contributed by atoms with Crippen molar-refractivity contribution in [3.8, 4) is 0 Å². The molecule has 0 bridgehead atoms. The van der Waals surface area contributed by atoms with Crippen LogP contribution >= 0.6 is 0 Å². The summed E-state index contributed by atoms with van der Waals surface area (Å²) in [4.78, 5) is 2.64. The van der Waals surface area contributed by atoms with Crippen LogP contribution in [0.25, 0.3) is 0 Å². The SMILES string of the molecule is Nc1ccc2c(c1)CCCC2N1CC(c2ccccc2)C1. The van der Waals surface area contributed by atoms with Gasteiger partial charge in [0.2, 0.25) is 0 Å². The Kier molecular flexibility index (Phi) is 3.19. The summed E-state index contributed by atoms with van der Waals surface area (Å²) in [5.41, 5.74) is 11.3. The maximum atomic E-state index is 5.93. The highest BCUT2D eigenvalue weighted by atomic mass is 15.2. The Morgan fingerprint density at radius 2 is 1.81 bits per heavy atom. The second-order valence-electron chi connectivity index (χ2n) is 6.43. The summed E-state index contributed by atoms with van der Waals surface area (Å²) < 4.78 is 0. The van der Waals surface area contributed by atoms with E-state index in [9.17, 15) is 0 Å². The first-order valence-corrected chi connectivity index (χ1v) is 7.98. The molecule has 4 rings (SSSR count). The smallest absolute Gasteiger partial charge is 0.0351 e. The maximum absolute atomic E-state index is 5.93. The average Bonchev–Trinajstić information content (AvgIpc) is 2.47. The molecule has 2 N–H and O–H groups in total. The highest BCUT2D eigenvalue weighted by Gasteiger charge is 2.35. The predicted octanol–water partition coefficient (Wildman–Crippen LogP) is 3.75. The monoisotopic (exact) mass is 278 g/mol. The van der Waals surface area contributed by atoms with Crippen LogP contribution in [0.5, 0.6) is 0 Å². The molecule has 0 aromatic heterocycles. The Balaban J connectivity index is 1.50. The minimum Gasteiger partial charge on any atom is -0.399 e. The number of hydrogen-bond acceptors (Lipinski definition) is 2. The van der Waals surface area contributed by atoms with Crippen LogP contribution in [0, 0.1) is 0 Å². The van der Waals surface area contributed by atoms with Gasteiger partial charge in [-0.15, -0.1) is 0 Å². The topological polar surface area (TPSA) is 29.3 Å². The number of benzene rings is 2. The van der Waals surface area contributed by atoms with Crippen molar-refractivity contribution in [1.29, 1.82) is 0 Å². The van der Waals surface area contributed by atoms with Gasteiger partial charge in [-0.3, -0.25) is 4.90 Å². The van der Waals surface area contributed by atoms with E-state index in [2.05, 4.69) is 53.4 Å². The van der Waals surface area contributed by atoms with Gasteiger partial charge in [0.25, 0.3) is 0 Å². The molecule has 1 heterocycles. The molecule has 1 unspecified atom stereocenters. The molecule has 2 heteroatoms. The van der Waals surface area contributed by atoms with Crippen LogP contribution in [0.4, 0.5) is 5.69 Å². The largest absolute Gasteiger partial charge is 0.399 e. The number of nitrogens with two attached hydrogens (primary N) is 1. The summed E-state index contributed by atoms with van der Waals surface area (Å²) in [7, 11) is 0. The fourth-order valence-corrected chi connectivity index (χ4v) is 3.89. The highest BCUT2D eigenvalue weighted by molar-refractivity contribution is 5.47. The van der Waals surface area contributed by atoms with Gasteiger partial charge in [-0.2, -0.15) is 0 Å². The third kappa shape index (κ3) is 2.34. The van der Waals surface area contributed by atoms with E-state index >= 15 is 0 Å². The Hall–Kier alpha value is -1.80. The van der Waals surface area contributed by atoms with Crippen molar-refractivity contribution in [1.82, 2.24) is 4.90 Å². The predicted molar refractivity (Wildman–Crippen MR) is 87.3 cm³/mol. The van der Waals surface area contributed by atoms with Gasteiger partial charge in [-0.1, -0.05) is 36.4 Å². The van der Waals surface area contributed by atoms with Crippen molar-refractivity contribution in [3.05, 3.63) is 65.2 Å². The molecule has 2 aliphatic rings. The zero-order valence-electron chi connectivity index (χ0n) is 12.3. The lowest BCUT2D eigenvalue weighted by Gasteiger charge is -2.46. The summed E-state index contributed by atoms with van der Waals surface area (Å²) in [5, 5.41) is 0. The second-order valence-corrected chi connectivity index (χ2v) is 6.43. The van der Waals surface area contributed by atoms with E-state index in [1.807, 2.05) is 0 Å². The minimum absolute atomic E-state index is 0.606. The number of nitrogen functional groups attached to an aromatic ring is 1. The molecular weight excluding hydrogens is 256 g/mol. The van der Waals surface area contributed by atoms with E-state index in [0.29, 0.717) is 12.0 Å². The van der Waals surface area contributed by atoms with Gasteiger partial charge in [0.1, 0.15) is 0 Å². The fraction of sp³-hybridized carbons (Fsp3) is 0.368. The first-order chi connectivity index (χ1) is 10.3. The quantitative estimate of drug-likeness (QED) is 0.848.